The van der Waals surface area contributed by atoms with E-state index in [1.807, 2.05) is 0 Å². The molecule has 0 radical (unpaired) electrons. The number of halogens is 4. The number of hydrogen-bond acceptors (Lipinski definition) is 1. The molecule has 62 valence electrons. The molecular weight excluding hydrogens is 172 g/mol. The summed E-state index contributed by atoms with van der Waals surface area (Å²) in [6.07, 6.45) is -4.54. The van der Waals surface area contributed by atoms with Gasteiger partial charge in [-0.3, -0.25) is 4.21 Å². The van der Waals surface area contributed by atoms with Crippen LogP contribution in [-0.2, 0) is 10.8 Å². The van der Waals surface area contributed by atoms with E-state index < -0.39 is 28.2 Å². The summed E-state index contributed by atoms with van der Waals surface area (Å²) in [7, 11) is -2.43. The van der Waals surface area contributed by atoms with Crippen molar-refractivity contribution in [3.63, 3.8) is 0 Å². The van der Waals surface area contributed by atoms with Gasteiger partial charge < -0.3 is 0 Å². The van der Waals surface area contributed by atoms with E-state index in [2.05, 4.69) is 0 Å². The smallest absolute Gasteiger partial charge is 0.256 e. The Labute approximate surface area is 57.9 Å². The van der Waals surface area contributed by atoms with E-state index in [0.29, 0.717) is 0 Å². The van der Waals surface area contributed by atoms with Crippen molar-refractivity contribution in [1.29, 1.82) is 0 Å². The molecule has 0 aromatic carbocycles. The van der Waals surface area contributed by atoms with E-state index in [1.54, 1.807) is 0 Å². The zero-order valence-electron chi connectivity index (χ0n) is 5.11. The summed E-state index contributed by atoms with van der Waals surface area (Å²) in [5, 5.41) is 0. The quantitative estimate of drug-likeness (QED) is 0.587. The van der Waals surface area contributed by atoms with Gasteiger partial charge >= 0.3 is 6.18 Å². The standard InChI is InChI=1S/C4H6F4OS/c1-3(5)10(9)2-4(6,7)8/h3H,2H2,1H3. The molecule has 2 unspecified atom stereocenters. The van der Waals surface area contributed by atoms with Crippen molar-refractivity contribution in [2.75, 3.05) is 5.75 Å². The Bertz CT molecular complexity index is 130. The van der Waals surface area contributed by atoms with E-state index in [-0.39, 0.29) is 0 Å². The molecule has 1 nitrogen and oxygen atoms in total. The van der Waals surface area contributed by atoms with Gasteiger partial charge in [0.05, 0.1) is 10.8 Å². The lowest BCUT2D eigenvalue weighted by atomic mass is 10.8. The largest absolute Gasteiger partial charge is 0.400 e. The maximum Gasteiger partial charge on any atom is 0.400 e. The van der Waals surface area contributed by atoms with Crippen LogP contribution >= 0.6 is 0 Å². The minimum Gasteiger partial charge on any atom is -0.256 e. The van der Waals surface area contributed by atoms with E-state index >= 15 is 0 Å². The molecule has 0 spiro atoms. The van der Waals surface area contributed by atoms with Gasteiger partial charge in [-0.25, -0.2) is 4.39 Å². The molecule has 0 bridgehead atoms. The minimum atomic E-state index is -4.54. The van der Waals surface area contributed by atoms with Crippen LogP contribution in [0.4, 0.5) is 17.6 Å². The van der Waals surface area contributed by atoms with Gasteiger partial charge in [-0.15, -0.1) is 0 Å². The fourth-order valence-corrected chi connectivity index (χ4v) is 0.828. The topological polar surface area (TPSA) is 17.1 Å². The number of hydrogen-bond donors (Lipinski definition) is 0. The Hall–Kier alpha value is -0.130. The molecule has 0 rings (SSSR count). The van der Waals surface area contributed by atoms with E-state index in [1.165, 1.54) is 0 Å². The second-order valence-corrected chi connectivity index (χ2v) is 3.38. The zero-order chi connectivity index (χ0) is 8.36. The molecule has 0 saturated heterocycles. The van der Waals surface area contributed by atoms with E-state index in [4.69, 9.17) is 0 Å². The highest BCUT2D eigenvalue weighted by atomic mass is 32.2. The first kappa shape index (κ1) is 9.87. The molecule has 6 heteroatoms. The van der Waals surface area contributed by atoms with Crippen LogP contribution in [-0.4, -0.2) is 21.6 Å². The molecule has 0 aliphatic carbocycles. The second kappa shape index (κ2) is 3.32. The third-order valence-corrected chi connectivity index (χ3v) is 2.00. The third kappa shape index (κ3) is 4.72. The fraction of sp³-hybridized carbons (Fsp3) is 1.00. The molecule has 0 amide bonds. The van der Waals surface area contributed by atoms with E-state index in [0.717, 1.165) is 6.92 Å². The molecule has 2 atom stereocenters. The van der Waals surface area contributed by atoms with Crippen LogP contribution in [0.25, 0.3) is 0 Å². The highest BCUT2D eigenvalue weighted by Gasteiger charge is 2.32. The maximum absolute atomic E-state index is 11.8. The maximum atomic E-state index is 11.8. The predicted octanol–water partition coefficient (Wildman–Crippen LogP) is 1.61. The molecule has 10 heavy (non-hydrogen) atoms. The van der Waals surface area contributed by atoms with Crippen LogP contribution in [0.2, 0.25) is 0 Å². The molecule has 0 aliphatic rings. The van der Waals surface area contributed by atoms with Gasteiger partial charge in [-0.1, -0.05) is 0 Å². The van der Waals surface area contributed by atoms with Crippen molar-refractivity contribution in [3.05, 3.63) is 0 Å². The van der Waals surface area contributed by atoms with Crippen LogP contribution in [0.3, 0.4) is 0 Å². The molecular formula is C4H6F4OS. The lowest BCUT2D eigenvalue weighted by molar-refractivity contribution is -0.106. The van der Waals surface area contributed by atoms with Crippen LogP contribution < -0.4 is 0 Å². The average molecular weight is 178 g/mol. The summed E-state index contributed by atoms with van der Waals surface area (Å²) in [6, 6.07) is 0. The zero-order valence-corrected chi connectivity index (χ0v) is 5.93. The van der Waals surface area contributed by atoms with Crippen LogP contribution in [0.5, 0.6) is 0 Å². The summed E-state index contributed by atoms with van der Waals surface area (Å²) < 4.78 is 55.9. The van der Waals surface area contributed by atoms with Gasteiger partial charge in [-0.2, -0.15) is 13.2 Å². The molecule has 0 aliphatic heterocycles. The van der Waals surface area contributed by atoms with Crippen LogP contribution in [0.1, 0.15) is 6.92 Å². The van der Waals surface area contributed by atoms with Crippen molar-refractivity contribution >= 4 is 10.8 Å². The second-order valence-electron chi connectivity index (χ2n) is 1.68. The summed E-state index contributed by atoms with van der Waals surface area (Å²) in [5.41, 5.74) is -1.92. The van der Waals surface area contributed by atoms with Crippen LogP contribution in [0.15, 0.2) is 0 Å². The Balaban J connectivity index is 3.81. The molecule has 0 aromatic rings. The summed E-state index contributed by atoms with van der Waals surface area (Å²) in [5.74, 6) is -1.56. The first-order valence-electron chi connectivity index (χ1n) is 2.41. The van der Waals surface area contributed by atoms with Crippen molar-refractivity contribution < 1.29 is 21.8 Å². The molecule has 0 fully saturated rings. The third-order valence-electron chi connectivity index (χ3n) is 0.668. The number of alkyl halides is 4. The van der Waals surface area contributed by atoms with Crippen molar-refractivity contribution in [2.24, 2.45) is 0 Å². The molecule has 0 heterocycles. The van der Waals surface area contributed by atoms with Gasteiger partial charge in [0, 0.05) is 0 Å². The summed E-state index contributed by atoms with van der Waals surface area (Å²) >= 11 is 0. The summed E-state index contributed by atoms with van der Waals surface area (Å²) in [6.45, 7) is 0.835. The first-order chi connectivity index (χ1) is 4.33. The van der Waals surface area contributed by atoms with Gasteiger partial charge in [-0.05, 0) is 6.92 Å². The Morgan fingerprint density at radius 1 is 1.50 bits per heavy atom. The predicted molar refractivity (Wildman–Crippen MR) is 29.6 cm³/mol. The van der Waals surface area contributed by atoms with E-state index in [9.17, 15) is 21.8 Å². The van der Waals surface area contributed by atoms with Crippen LogP contribution in [0, 0.1) is 0 Å². The normalized spacial score (nSPS) is 18.5. The Morgan fingerprint density at radius 3 is 2.00 bits per heavy atom. The van der Waals surface area contributed by atoms with Gasteiger partial charge in [0.15, 0.2) is 5.50 Å². The van der Waals surface area contributed by atoms with Crippen molar-refractivity contribution in [1.82, 2.24) is 0 Å². The average Bonchev–Trinajstić information content (AvgIpc) is 1.60. The number of rotatable bonds is 2. The first-order valence-corrected chi connectivity index (χ1v) is 3.79. The van der Waals surface area contributed by atoms with Crippen molar-refractivity contribution in [3.8, 4) is 0 Å². The molecule has 0 saturated carbocycles. The SMILES string of the molecule is CC(F)S(=O)CC(F)(F)F. The lowest BCUT2D eigenvalue weighted by Crippen LogP contribution is -2.22. The Morgan fingerprint density at radius 2 is 1.90 bits per heavy atom. The highest BCUT2D eigenvalue weighted by Crippen LogP contribution is 2.17. The highest BCUT2D eigenvalue weighted by molar-refractivity contribution is 7.85. The Kier molecular flexibility index (Phi) is 3.27. The van der Waals surface area contributed by atoms with Crippen molar-refractivity contribution in [2.45, 2.75) is 18.6 Å². The monoisotopic (exact) mass is 178 g/mol. The summed E-state index contributed by atoms with van der Waals surface area (Å²) in [4.78, 5) is 0. The van der Waals surface area contributed by atoms with Gasteiger partial charge in [0.1, 0.15) is 5.75 Å². The fourth-order valence-electron chi connectivity index (χ4n) is 0.276. The van der Waals surface area contributed by atoms with Gasteiger partial charge in [0.25, 0.3) is 0 Å². The van der Waals surface area contributed by atoms with Gasteiger partial charge in [0.2, 0.25) is 0 Å². The molecule has 0 N–H and O–H groups in total. The lowest BCUT2D eigenvalue weighted by Gasteiger charge is -2.05. The molecule has 0 aromatic heterocycles. The minimum absolute atomic E-state index is 0.835.